The summed E-state index contributed by atoms with van der Waals surface area (Å²) in [7, 11) is 0. The number of rotatable bonds is 2. The highest BCUT2D eigenvalue weighted by Gasteiger charge is 2.14. The van der Waals surface area contributed by atoms with Crippen LogP contribution in [-0.2, 0) is 19.4 Å². The molecule has 2 heterocycles. The molecule has 1 aliphatic rings. The monoisotopic (exact) mass is 201 g/mol. The molecule has 0 atom stereocenters. The molecule has 2 nitrogen and oxygen atoms in total. The second-order valence-electron chi connectivity index (χ2n) is 4.24. The third-order valence-electron chi connectivity index (χ3n) is 3.29. The molecule has 1 aromatic heterocycles. The van der Waals surface area contributed by atoms with Crippen LogP contribution in [-0.4, -0.2) is 16.3 Å². The fraction of sp³-hybridized carbons (Fsp3) is 0.385. The molecule has 0 unspecified atom stereocenters. The van der Waals surface area contributed by atoms with E-state index in [0.29, 0.717) is 0 Å². The lowest BCUT2D eigenvalue weighted by molar-refractivity contribution is 0.300. The van der Waals surface area contributed by atoms with Crippen molar-refractivity contribution in [1.82, 2.24) is 4.57 Å². The van der Waals surface area contributed by atoms with Crippen LogP contribution in [0.3, 0.4) is 0 Å². The Morgan fingerprint density at radius 2 is 2.27 bits per heavy atom. The van der Waals surface area contributed by atoms with Crippen LogP contribution in [0, 0.1) is 0 Å². The van der Waals surface area contributed by atoms with Gasteiger partial charge < -0.3 is 9.67 Å². The van der Waals surface area contributed by atoms with Gasteiger partial charge in [0.2, 0.25) is 0 Å². The van der Waals surface area contributed by atoms with Gasteiger partial charge in [-0.2, -0.15) is 0 Å². The highest BCUT2D eigenvalue weighted by Crippen LogP contribution is 2.29. The molecule has 0 saturated heterocycles. The molecule has 0 saturated carbocycles. The van der Waals surface area contributed by atoms with Crippen molar-refractivity contribution in [3.8, 4) is 0 Å². The number of hydrogen-bond acceptors (Lipinski definition) is 1. The Bertz CT molecular complexity index is 498. The van der Waals surface area contributed by atoms with E-state index in [9.17, 15) is 0 Å². The molecule has 0 aliphatic carbocycles. The van der Waals surface area contributed by atoms with Crippen LogP contribution in [0.4, 0.5) is 0 Å². The van der Waals surface area contributed by atoms with Gasteiger partial charge in [0.15, 0.2) is 0 Å². The Balaban J connectivity index is 2.29. The molecule has 1 aromatic carbocycles. The van der Waals surface area contributed by atoms with Crippen molar-refractivity contribution in [1.29, 1.82) is 0 Å². The maximum Gasteiger partial charge on any atom is 0.0515 e. The van der Waals surface area contributed by atoms with Gasteiger partial charge in [0.1, 0.15) is 0 Å². The lowest BCUT2D eigenvalue weighted by atomic mass is 10.0. The van der Waals surface area contributed by atoms with E-state index in [2.05, 4.69) is 29.0 Å². The van der Waals surface area contributed by atoms with Crippen molar-refractivity contribution < 1.29 is 5.11 Å². The van der Waals surface area contributed by atoms with Gasteiger partial charge in [0, 0.05) is 24.7 Å². The van der Waals surface area contributed by atoms with Crippen LogP contribution >= 0.6 is 0 Å². The number of aliphatic hydroxyl groups is 1. The molecule has 15 heavy (non-hydrogen) atoms. The fourth-order valence-electron chi connectivity index (χ4n) is 2.65. The van der Waals surface area contributed by atoms with Crippen LogP contribution in [0.2, 0.25) is 0 Å². The SMILES string of the molecule is OCCc1cn2c3c(cccc13)CCC2. The highest BCUT2D eigenvalue weighted by atomic mass is 16.2. The lowest BCUT2D eigenvalue weighted by Crippen LogP contribution is -2.05. The fourth-order valence-corrected chi connectivity index (χ4v) is 2.65. The summed E-state index contributed by atoms with van der Waals surface area (Å²) in [4.78, 5) is 0. The molecule has 0 fully saturated rings. The summed E-state index contributed by atoms with van der Waals surface area (Å²) in [6.45, 7) is 1.36. The third-order valence-corrected chi connectivity index (χ3v) is 3.29. The van der Waals surface area contributed by atoms with Crippen molar-refractivity contribution in [2.75, 3.05) is 6.61 Å². The van der Waals surface area contributed by atoms with Crippen LogP contribution in [0.25, 0.3) is 10.9 Å². The third kappa shape index (κ3) is 1.29. The van der Waals surface area contributed by atoms with Gasteiger partial charge in [-0.25, -0.2) is 0 Å². The van der Waals surface area contributed by atoms with Crippen LogP contribution in [0.15, 0.2) is 24.4 Å². The molecular weight excluding hydrogens is 186 g/mol. The van der Waals surface area contributed by atoms with Gasteiger partial charge in [0.05, 0.1) is 5.52 Å². The molecule has 78 valence electrons. The van der Waals surface area contributed by atoms with Crippen molar-refractivity contribution in [3.63, 3.8) is 0 Å². The Morgan fingerprint density at radius 1 is 1.33 bits per heavy atom. The quantitative estimate of drug-likeness (QED) is 0.791. The first-order chi connectivity index (χ1) is 7.40. The van der Waals surface area contributed by atoms with E-state index in [1.54, 1.807) is 0 Å². The average Bonchev–Trinajstić information content (AvgIpc) is 2.61. The van der Waals surface area contributed by atoms with Crippen molar-refractivity contribution in [2.45, 2.75) is 25.8 Å². The Morgan fingerprint density at radius 3 is 3.13 bits per heavy atom. The number of aryl methyl sites for hydroxylation is 2. The maximum absolute atomic E-state index is 9.04. The Labute approximate surface area is 89.1 Å². The molecule has 1 N–H and O–H groups in total. The summed E-state index contributed by atoms with van der Waals surface area (Å²) in [5.74, 6) is 0. The maximum atomic E-state index is 9.04. The van der Waals surface area contributed by atoms with E-state index < -0.39 is 0 Å². The van der Waals surface area contributed by atoms with Crippen molar-refractivity contribution >= 4 is 10.9 Å². The van der Waals surface area contributed by atoms with Gasteiger partial charge in [-0.3, -0.25) is 0 Å². The first-order valence-electron chi connectivity index (χ1n) is 5.60. The summed E-state index contributed by atoms with van der Waals surface area (Å²) in [6.07, 6.45) is 5.41. The largest absolute Gasteiger partial charge is 0.396 e. The van der Waals surface area contributed by atoms with Gasteiger partial charge in [-0.05, 0) is 30.4 Å². The number of aliphatic hydroxyl groups excluding tert-OH is 1. The second-order valence-corrected chi connectivity index (χ2v) is 4.24. The van der Waals surface area contributed by atoms with Crippen LogP contribution < -0.4 is 0 Å². The van der Waals surface area contributed by atoms with Gasteiger partial charge in [-0.15, -0.1) is 0 Å². The summed E-state index contributed by atoms with van der Waals surface area (Å²) in [5, 5.41) is 10.4. The van der Waals surface area contributed by atoms with E-state index >= 15 is 0 Å². The Kier molecular flexibility index (Phi) is 2.03. The number of nitrogens with zero attached hydrogens (tertiary/aromatic N) is 1. The van der Waals surface area contributed by atoms with Crippen molar-refractivity contribution in [2.24, 2.45) is 0 Å². The normalized spacial score (nSPS) is 14.7. The lowest BCUT2D eigenvalue weighted by Gasteiger charge is -2.14. The molecular formula is C13H15NO. The number of benzene rings is 1. The van der Waals surface area contributed by atoms with E-state index in [-0.39, 0.29) is 6.61 Å². The molecule has 3 rings (SSSR count). The first-order valence-corrected chi connectivity index (χ1v) is 5.60. The molecule has 2 heteroatoms. The number of aromatic nitrogens is 1. The smallest absolute Gasteiger partial charge is 0.0515 e. The van der Waals surface area contributed by atoms with Gasteiger partial charge in [-0.1, -0.05) is 18.2 Å². The standard InChI is InChI=1S/C13H15NO/c15-8-6-11-9-14-7-2-4-10-3-1-5-12(11)13(10)14/h1,3,5,9,15H,2,4,6-8H2. The predicted molar refractivity (Wildman–Crippen MR) is 61.0 cm³/mol. The minimum absolute atomic E-state index is 0.239. The zero-order chi connectivity index (χ0) is 10.3. The topological polar surface area (TPSA) is 25.2 Å². The van der Waals surface area contributed by atoms with E-state index in [1.165, 1.54) is 34.9 Å². The zero-order valence-electron chi connectivity index (χ0n) is 8.74. The van der Waals surface area contributed by atoms with E-state index in [1.807, 2.05) is 0 Å². The molecule has 0 spiro atoms. The second kappa shape index (κ2) is 3.38. The molecule has 1 aliphatic heterocycles. The first kappa shape index (κ1) is 8.98. The highest BCUT2D eigenvalue weighted by molar-refractivity contribution is 5.87. The molecule has 2 aromatic rings. The zero-order valence-corrected chi connectivity index (χ0v) is 8.74. The Hall–Kier alpha value is -1.28. The number of para-hydroxylation sites is 1. The van der Waals surface area contributed by atoms with E-state index in [4.69, 9.17) is 5.11 Å². The summed E-state index contributed by atoms with van der Waals surface area (Å²) in [5.41, 5.74) is 4.14. The minimum Gasteiger partial charge on any atom is -0.396 e. The summed E-state index contributed by atoms with van der Waals surface area (Å²) in [6, 6.07) is 6.53. The van der Waals surface area contributed by atoms with Crippen LogP contribution in [0.5, 0.6) is 0 Å². The van der Waals surface area contributed by atoms with Crippen molar-refractivity contribution in [3.05, 3.63) is 35.5 Å². The van der Waals surface area contributed by atoms with Gasteiger partial charge >= 0.3 is 0 Å². The van der Waals surface area contributed by atoms with Gasteiger partial charge in [0.25, 0.3) is 0 Å². The summed E-state index contributed by atoms with van der Waals surface area (Å²) >= 11 is 0. The summed E-state index contributed by atoms with van der Waals surface area (Å²) < 4.78 is 2.35. The van der Waals surface area contributed by atoms with Crippen LogP contribution in [0.1, 0.15) is 17.5 Å². The minimum atomic E-state index is 0.239. The molecule has 0 amide bonds. The van der Waals surface area contributed by atoms with E-state index in [0.717, 1.165) is 13.0 Å². The predicted octanol–water partition coefficient (Wildman–Crippen LogP) is 2.12. The molecule has 0 bridgehead atoms. The average molecular weight is 201 g/mol. The number of hydrogen-bond donors (Lipinski definition) is 1. The molecule has 0 radical (unpaired) electrons.